The zero-order chi connectivity index (χ0) is 6.81. The third-order valence-electron chi connectivity index (χ3n) is 1.15. The van der Waals surface area contributed by atoms with Crippen LogP contribution in [-0.2, 0) is 0 Å². The summed E-state index contributed by atoms with van der Waals surface area (Å²) in [5.74, 6) is 0.588. The van der Waals surface area contributed by atoms with E-state index in [-0.39, 0.29) is 0 Å². The number of hydrogen-bond acceptors (Lipinski definition) is 3. The van der Waals surface area contributed by atoms with Gasteiger partial charge in [-0.2, -0.15) is 5.10 Å². The molecule has 0 aliphatic carbocycles. The molecular formula is C6H5N3O. The van der Waals surface area contributed by atoms with Gasteiger partial charge in [0.25, 0.3) is 0 Å². The van der Waals surface area contributed by atoms with Crippen LogP contribution in [0.1, 0.15) is 0 Å². The molecule has 2 heterocycles. The van der Waals surface area contributed by atoms with Gasteiger partial charge in [-0.3, -0.25) is 0 Å². The molecule has 0 atom stereocenters. The summed E-state index contributed by atoms with van der Waals surface area (Å²) >= 11 is 0. The van der Waals surface area contributed by atoms with Gasteiger partial charge in [0.2, 0.25) is 5.88 Å². The molecule has 0 fully saturated rings. The molecule has 4 heteroatoms. The number of hydrogen-bond donors (Lipinski definition) is 1. The van der Waals surface area contributed by atoms with Crippen molar-refractivity contribution in [3.8, 4) is 5.88 Å². The van der Waals surface area contributed by atoms with E-state index >= 15 is 0 Å². The minimum Gasteiger partial charge on any atom is -0.445 e. The summed E-state index contributed by atoms with van der Waals surface area (Å²) in [6.07, 6.45) is 6.53. The molecule has 0 aromatic carbocycles. The van der Waals surface area contributed by atoms with Crippen LogP contribution in [0.5, 0.6) is 5.88 Å². The number of H-pyrrole nitrogens is 1. The third kappa shape index (κ3) is 0.699. The maximum absolute atomic E-state index is 5.06. The minimum absolute atomic E-state index is 0.588. The number of aromatic nitrogens is 2. The number of rotatable bonds is 0. The van der Waals surface area contributed by atoms with Crippen LogP contribution in [0.2, 0.25) is 0 Å². The standard InChI is InChI=1S/C6H5N3O/c1-2-7-5-4-8-9-6(5)10-3-1/h1-4H,(H,8,9). The van der Waals surface area contributed by atoms with Gasteiger partial charge >= 0.3 is 0 Å². The van der Waals surface area contributed by atoms with Gasteiger partial charge in [0.1, 0.15) is 5.69 Å². The Balaban J connectivity index is 2.50. The molecular weight excluding hydrogens is 130 g/mol. The minimum atomic E-state index is 0.588. The van der Waals surface area contributed by atoms with Crippen LogP contribution in [0.3, 0.4) is 0 Å². The van der Waals surface area contributed by atoms with E-state index in [9.17, 15) is 0 Å². The monoisotopic (exact) mass is 135 g/mol. The fourth-order valence-corrected chi connectivity index (χ4v) is 0.712. The highest BCUT2D eigenvalue weighted by molar-refractivity contribution is 5.75. The van der Waals surface area contributed by atoms with Crippen molar-refractivity contribution >= 4 is 11.9 Å². The normalized spacial score (nSPS) is 14.0. The lowest BCUT2D eigenvalue weighted by Gasteiger charge is -1.91. The van der Waals surface area contributed by atoms with Crippen molar-refractivity contribution in [2.24, 2.45) is 4.99 Å². The molecule has 0 amide bonds. The second-order valence-electron chi connectivity index (χ2n) is 1.81. The van der Waals surface area contributed by atoms with Crippen molar-refractivity contribution in [1.82, 2.24) is 10.2 Å². The highest BCUT2D eigenvalue weighted by Crippen LogP contribution is 2.24. The average molecular weight is 135 g/mol. The Morgan fingerprint density at radius 1 is 1.50 bits per heavy atom. The predicted octanol–water partition coefficient (Wildman–Crippen LogP) is 1.02. The van der Waals surface area contributed by atoms with Crippen molar-refractivity contribution in [2.45, 2.75) is 0 Å². The summed E-state index contributed by atoms with van der Waals surface area (Å²) in [6.45, 7) is 0. The fourth-order valence-electron chi connectivity index (χ4n) is 0.712. The Morgan fingerprint density at radius 3 is 3.50 bits per heavy atom. The number of aliphatic imine (C=N–C) groups is 1. The van der Waals surface area contributed by atoms with Crippen molar-refractivity contribution in [3.63, 3.8) is 0 Å². The number of aromatic amines is 1. The van der Waals surface area contributed by atoms with Crippen LogP contribution in [0, 0.1) is 0 Å². The van der Waals surface area contributed by atoms with Gasteiger partial charge in [0.05, 0.1) is 12.5 Å². The van der Waals surface area contributed by atoms with Crippen LogP contribution >= 0.6 is 0 Å². The largest absolute Gasteiger partial charge is 0.445 e. The third-order valence-corrected chi connectivity index (χ3v) is 1.15. The molecule has 0 radical (unpaired) electrons. The second kappa shape index (κ2) is 1.98. The molecule has 0 spiro atoms. The van der Waals surface area contributed by atoms with Gasteiger partial charge in [-0.25, -0.2) is 10.1 Å². The highest BCUT2D eigenvalue weighted by atomic mass is 16.5. The summed E-state index contributed by atoms with van der Waals surface area (Å²) in [7, 11) is 0. The van der Waals surface area contributed by atoms with Crippen molar-refractivity contribution in [1.29, 1.82) is 0 Å². The number of nitrogens with one attached hydrogen (secondary N) is 1. The average Bonchev–Trinajstić information content (AvgIpc) is 2.28. The summed E-state index contributed by atoms with van der Waals surface area (Å²) in [4.78, 5) is 4.02. The van der Waals surface area contributed by atoms with Crippen molar-refractivity contribution < 1.29 is 4.74 Å². The van der Waals surface area contributed by atoms with Crippen LogP contribution < -0.4 is 4.74 Å². The van der Waals surface area contributed by atoms with Gasteiger partial charge in [-0.15, -0.1) is 0 Å². The maximum atomic E-state index is 5.06. The number of nitrogens with zero attached hydrogens (tertiary/aromatic N) is 2. The molecule has 0 saturated heterocycles. The quantitative estimate of drug-likeness (QED) is 0.577. The molecule has 1 aromatic rings. The second-order valence-corrected chi connectivity index (χ2v) is 1.81. The zero-order valence-electron chi connectivity index (χ0n) is 5.11. The van der Waals surface area contributed by atoms with Crippen LogP contribution in [0.4, 0.5) is 5.69 Å². The van der Waals surface area contributed by atoms with E-state index in [1.54, 1.807) is 24.7 Å². The van der Waals surface area contributed by atoms with Crippen LogP contribution in [0.15, 0.2) is 23.5 Å². The summed E-state index contributed by atoms with van der Waals surface area (Å²) in [6, 6.07) is 0. The smallest absolute Gasteiger partial charge is 0.240 e. The van der Waals surface area contributed by atoms with Gasteiger partial charge in [-0.1, -0.05) is 0 Å². The van der Waals surface area contributed by atoms with E-state index < -0.39 is 0 Å². The van der Waals surface area contributed by atoms with E-state index in [1.807, 2.05) is 0 Å². The molecule has 1 N–H and O–H groups in total. The molecule has 50 valence electrons. The van der Waals surface area contributed by atoms with Gasteiger partial charge in [-0.05, 0) is 6.08 Å². The van der Waals surface area contributed by atoms with Gasteiger partial charge in [0, 0.05) is 6.21 Å². The highest BCUT2D eigenvalue weighted by Gasteiger charge is 2.03. The molecule has 0 bridgehead atoms. The molecule has 10 heavy (non-hydrogen) atoms. The molecule has 1 aromatic heterocycles. The first-order valence-electron chi connectivity index (χ1n) is 2.86. The van der Waals surface area contributed by atoms with E-state index in [0.717, 1.165) is 5.69 Å². The lowest BCUT2D eigenvalue weighted by molar-refractivity contribution is 0.463. The van der Waals surface area contributed by atoms with Crippen LogP contribution in [0.25, 0.3) is 0 Å². The van der Waals surface area contributed by atoms with E-state index in [4.69, 9.17) is 4.74 Å². The number of ether oxygens (including phenoxy) is 1. The van der Waals surface area contributed by atoms with Gasteiger partial charge < -0.3 is 4.74 Å². The van der Waals surface area contributed by atoms with Crippen molar-refractivity contribution in [2.75, 3.05) is 0 Å². The number of allylic oxidation sites excluding steroid dienone is 1. The van der Waals surface area contributed by atoms with Crippen molar-refractivity contribution in [3.05, 3.63) is 18.5 Å². The van der Waals surface area contributed by atoms with E-state index in [2.05, 4.69) is 15.2 Å². The molecule has 0 unspecified atom stereocenters. The Hall–Kier alpha value is -1.58. The first-order valence-corrected chi connectivity index (χ1v) is 2.86. The lowest BCUT2D eigenvalue weighted by atomic mass is 10.6. The fraction of sp³-hybridized carbons (Fsp3) is 0. The Kier molecular flexibility index (Phi) is 1.04. The predicted molar refractivity (Wildman–Crippen MR) is 36.5 cm³/mol. The summed E-state index contributed by atoms with van der Waals surface area (Å²) in [5, 5.41) is 6.41. The first kappa shape index (κ1) is 5.22. The van der Waals surface area contributed by atoms with E-state index in [0.29, 0.717) is 5.88 Å². The zero-order valence-corrected chi connectivity index (χ0v) is 5.11. The molecule has 0 saturated carbocycles. The summed E-state index contributed by atoms with van der Waals surface area (Å²) < 4.78 is 5.06. The van der Waals surface area contributed by atoms with Crippen LogP contribution in [-0.4, -0.2) is 16.4 Å². The molecule has 4 nitrogen and oxygen atoms in total. The maximum Gasteiger partial charge on any atom is 0.240 e. The molecule has 1 aliphatic heterocycles. The molecule has 1 aliphatic rings. The number of fused-ring (bicyclic) bond motifs is 1. The topological polar surface area (TPSA) is 50.3 Å². The Labute approximate surface area is 57.2 Å². The Morgan fingerprint density at radius 2 is 2.50 bits per heavy atom. The Bertz CT molecular complexity index is 287. The molecule has 2 rings (SSSR count). The summed E-state index contributed by atoms with van der Waals surface area (Å²) in [5.41, 5.74) is 0.727. The first-order chi connectivity index (χ1) is 4.97. The van der Waals surface area contributed by atoms with Gasteiger partial charge in [0.15, 0.2) is 0 Å². The SMILES string of the molecule is C1=COc2[nH]ncc2N=C1. The van der Waals surface area contributed by atoms with E-state index in [1.165, 1.54) is 0 Å². The lowest BCUT2D eigenvalue weighted by Crippen LogP contribution is -1.79.